The van der Waals surface area contributed by atoms with Gasteiger partial charge in [0.2, 0.25) is 0 Å². The summed E-state index contributed by atoms with van der Waals surface area (Å²) in [5.74, 6) is 2.92. The van der Waals surface area contributed by atoms with Gasteiger partial charge in [-0.05, 0) is 113 Å². The van der Waals surface area contributed by atoms with Crippen LogP contribution in [0.4, 0.5) is 0 Å². The molecule has 44 heavy (non-hydrogen) atoms. The molecule has 0 aliphatic heterocycles. The Hall–Kier alpha value is -1.66. The summed E-state index contributed by atoms with van der Waals surface area (Å²) in [5.41, 5.74) is -1.02. The van der Waals surface area contributed by atoms with Gasteiger partial charge in [-0.2, -0.15) is 0 Å². The SMILES string of the molecule is C[C@]12CCC(=O)C=C1CCC1C3CCC(=O)[C@@]3(C)CC[C@@]12O.C[C@]12CCC(=O)C[C@H]1CCC1C3CCC(=O)[C@@]3(C)CC[C@@]12O. The second kappa shape index (κ2) is 9.92. The third kappa shape index (κ3) is 3.91. The molecule has 11 atom stereocenters. The van der Waals surface area contributed by atoms with Crippen LogP contribution in [0.25, 0.3) is 0 Å². The number of carbonyl (C=O) groups is 4. The highest BCUT2D eigenvalue weighted by Crippen LogP contribution is 2.68. The molecule has 0 bridgehead atoms. The maximum atomic E-state index is 12.4. The van der Waals surface area contributed by atoms with Crippen LogP contribution in [0.15, 0.2) is 11.6 Å². The van der Waals surface area contributed by atoms with Gasteiger partial charge in [0.1, 0.15) is 17.3 Å². The average molecular weight is 607 g/mol. The quantitative estimate of drug-likeness (QED) is 0.327. The van der Waals surface area contributed by atoms with Crippen LogP contribution in [0, 0.1) is 51.2 Å². The normalized spacial score (nSPS) is 52.8. The molecular formula is C38H54O6. The maximum Gasteiger partial charge on any atom is 0.155 e. The molecular weight excluding hydrogens is 552 g/mol. The predicted molar refractivity (Wildman–Crippen MR) is 166 cm³/mol. The summed E-state index contributed by atoms with van der Waals surface area (Å²) in [5, 5.41) is 23.5. The van der Waals surface area contributed by atoms with Crippen molar-refractivity contribution in [3.63, 3.8) is 0 Å². The van der Waals surface area contributed by atoms with Crippen molar-refractivity contribution in [3.8, 4) is 0 Å². The van der Waals surface area contributed by atoms with Crippen LogP contribution in [-0.4, -0.2) is 44.5 Å². The first-order valence-electron chi connectivity index (χ1n) is 17.9. The zero-order valence-corrected chi connectivity index (χ0v) is 27.5. The van der Waals surface area contributed by atoms with Crippen LogP contribution in [0.1, 0.15) is 137 Å². The molecule has 4 unspecified atom stereocenters. The molecule has 7 saturated carbocycles. The Labute approximate surface area is 263 Å². The molecule has 0 heterocycles. The molecule has 0 aromatic rings. The van der Waals surface area contributed by atoms with Crippen molar-refractivity contribution < 1.29 is 29.4 Å². The van der Waals surface area contributed by atoms with Crippen LogP contribution in [0.5, 0.6) is 0 Å². The standard InChI is InChI=1S/C19H28O3.C19H26O3/c2*1-17-9-10-19(22)15(14(17)5-6-16(17)21)4-3-12-11-13(20)7-8-18(12,19)2/h12,14-15,22H,3-11H2,1-2H3;11,14-15,22H,3-10H2,1-2H3/t12-,14?,15?,17+,18+,19-;14?,15?,17-,18-,19+/m10/s1. The lowest BCUT2D eigenvalue weighted by Crippen LogP contribution is -2.65. The van der Waals surface area contributed by atoms with Crippen LogP contribution in [0.3, 0.4) is 0 Å². The number of hydrogen-bond acceptors (Lipinski definition) is 6. The van der Waals surface area contributed by atoms with Crippen molar-refractivity contribution in [3.05, 3.63) is 11.6 Å². The fraction of sp³-hybridized carbons (Fsp3) is 0.842. The molecule has 0 radical (unpaired) electrons. The third-order valence-electron chi connectivity index (χ3n) is 16.2. The van der Waals surface area contributed by atoms with Crippen LogP contribution < -0.4 is 0 Å². The third-order valence-corrected chi connectivity index (χ3v) is 16.2. The van der Waals surface area contributed by atoms with Crippen molar-refractivity contribution in [1.82, 2.24) is 0 Å². The molecule has 0 saturated heterocycles. The first kappa shape index (κ1) is 31.0. The number of aliphatic hydroxyl groups is 2. The van der Waals surface area contributed by atoms with E-state index in [1.54, 1.807) is 0 Å². The van der Waals surface area contributed by atoms with Crippen molar-refractivity contribution in [1.29, 1.82) is 0 Å². The van der Waals surface area contributed by atoms with Crippen LogP contribution in [-0.2, 0) is 19.2 Å². The van der Waals surface area contributed by atoms with Gasteiger partial charge in [0.15, 0.2) is 5.78 Å². The molecule has 8 aliphatic rings. The summed E-state index contributed by atoms with van der Waals surface area (Å²) in [6.45, 7) is 8.67. The molecule has 8 rings (SSSR count). The molecule has 6 nitrogen and oxygen atoms in total. The maximum absolute atomic E-state index is 12.4. The van der Waals surface area contributed by atoms with E-state index in [0.29, 0.717) is 73.6 Å². The highest BCUT2D eigenvalue weighted by molar-refractivity contribution is 5.92. The molecule has 6 heteroatoms. The summed E-state index contributed by atoms with van der Waals surface area (Å²) in [6.07, 6.45) is 15.5. The van der Waals surface area contributed by atoms with Gasteiger partial charge in [-0.25, -0.2) is 0 Å². The van der Waals surface area contributed by atoms with Crippen molar-refractivity contribution in [2.75, 3.05) is 0 Å². The summed E-state index contributed by atoms with van der Waals surface area (Å²) in [6, 6.07) is 0. The lowest BCUT2D eigenvalue weighted by molar-refractivity contribution is -0.228. The number of carbonyl (C=O) groups excluding carboxylic acids is 4. The van der Waals surface area contributed by atoms with Gasteiger partial charge < -0.3 is 10.2 Å². The smallest absolute Gasteiger partial charge is 0.155 e. The second-order valence-electron chi connectivity index (χ2n) is 17.5. The Morgan fingerprint density at radius 3 is 1.80 bits per heavy atom. The lowest BCUT2D eigenvalue weighted by Gasteiger charge is -2.64. The van der Waals surface area contributed by atoms with Gasteiger partial charge in [-0.3, -0.25) is 19.2 Å². The highest BCUT2D eigenvalue weighted by Gasteiger charge is 2.68. The molecule has 0 amide bonds. The summed E-state index contributed by atoms with van der Waals surface area (Å²) < 4.78 is 0. The van der Waals surface area contributed by atoms with Crippen molar-refractivity contribution >= 4 is 23.1 Å². The van der Waals surface area contributed by atoms with Gasteiger partial charge in [0, 0.05) is 53.8 Å². The first-order valence-corrected chi connectivity index (χ1v) is 17.9. The topological polar surface area (TPSA) is 109 Å². The Morgan fingerprint density at radius 1 is 0.591 bits per heavy atom. The van der Waals surface area contributed by atoms with Crippen molar-refractivity contribution in [2.45, 2.75) is 148 Å². The Bertz CT molecular complexity index is 1330. The van der Waals surface area contributed by atoms with E-state index >= 15 is 0 Å². The molecule has 7 fully saturated rings. The zero-order valence-electron chi connectivity index (χ0n) is 27.5. The van der Waals surface area contributed by atoms with Crippen LogP contribution >= 0.6 is 0 Å². The van der Waals surface area contributed by atoms with E-state index < -0.39 is 11.2 Å². The minimum Gasteiger partial charge on any atom is -0.389 e. The van der Waals surface area contributed by atoms with Gasteiger partial charge in [0.25, 0.3) is 0 Å². The fourth-order valence-corrected chi connectivity index (χ4v) is 13.0. The molecule has 0 spiro atoms. The number of fused-ring (bicyclic) bond motifs is 10. The van der Waals surface area contributed by atoms with E-state index in [2.05, 4.69) is 27.7 Å². The second-order valence-corrected chi connectivity index (χ2v) is 17.5. The van der Waals surface area contributed by atoms with E-state index in [4.69, 9.17) is 0 Å². The molecule has 242 valence electrons. The summed E-state index contributed by atoms with van der Waals surface area (Å²) in [7, 11) is 0. The van der Waals surface area contributed by atoms with Gasteiger partial charge in [0.05, 0.1) is 11.2 Å². The Balaban J connectivity index is 0.000000142. The van der Waals surface area contributed by atoms with E-state index in [0.717, 1.165) is 76.2 Å². The predicted octanol–water partition coefficient (Wildman–Crippen LogP) is 6.48. The van der Waals surface area contributed by atoms with E-state index in [1.165, 1.54) is 0 Å². The van der Waals surface area contributed by atoms with Crippen molar-refractivity contribution in [2.24, 2.45) is 51.2 Å². The van der Waals surface area contributed by atoms with Gasteiger partial charge >= 0.3 is 0 Å². The van der Waals surface area contributed by atoms with Crippen LogP contribution in [0.2, 0.25) is 0 Å². The number of hydrogen-bond donors (Lipinski definition) is 2. The Morgan fingerprint density at radius 2 is 1.16 bits per heavy atom. The highest BCUT2D eigenvalue weighted by atomic mass is 16.3. The average Bonchev–Trinajstić information content (AvgIpc) is 3.45. The van der Waals surface area contributed by atoms with E-state index in [-0.39, 0.29) is 39.3 Å². The Kier molecular flexibility index (Phi) is 6.98. The molecule has 2 N–H and O–H groups in total. The van der Waals surface area contributed by atoms with E-state index in [9.17, 15) is 29.4 Å². The minimum absolute atomic E-state index is 0.128. The largest absolute Gasteiger partial charge is 0.389 e. The van der Waals surface area contributed by atoms with Gasteiger partial charge in [-0.1, -0.05) is 33.3 Å². The zero-order chi connectivity index (χ0) is 31.5. The van der Waals surface area contributed by atoms with Gasteiger partial charge in [-0.15, -0.1) is 0 Å². The molecule has 0 aromatic carbocycles. The molecule has 0 aromatic heterocycles. The first-order chi connectivity index (χ1) is 20.6. The summed E-state index contributed by atoms with van der Waals surface area (Å²) >= 11 is 0. The number of Topliss-reactive ketones (excluding diaryl/α,β-unsaturated/α-hetero) is 3. The monoisotopic (exact) mass is 606 g/mol. The lowest BCUT2D eigenvalue weighted by atomic mass is 9.43. The summed E-state index contributed by atoms with van der Waals surface area (Å²) in [4.78, 5) is 48.4. The number of ketones is 4. The minimum atomic E-state index is -0.730. The number of rotatable bonds is 0. The molecule has 8 aliphatic carbocycles. The fourth-order valence-electron chi connectivity index (χ4n) is 13.0. The van der Waals surface area contributed by atoms with E-state index in [1.807, 2.05) is 6.08 Å².